The molecule has 0 amide bonds. The largest absolute Gasteiger partial charge is 0.382 e. The second-order valence-electron chi connectivity index (χ2n) is 4.00. The third kappa shape index (κ3) is 2.08. The highest BCUT2D eigenvalue weighted by atomic mass is 15.4. The minimum Gasteiger partial charge on any atom is -0.382 e. The number of rotatable bonds is 3. The molecule has 0 saturated carbocycles. The third-order valence-electron chi connectivity index (χ3n) is 2.24. The van der Waals surface area contributed by atoms with Crippen LogP contribution in [0.2, 0.25) is 0 Å². The molecule has 0 aliphatic rings. The second kappa shape index (κ2) is 4.71. The maximum absolute atomic E-state index is 9.12. The van der Waals surface area contributed by atoms with Gasteiger partial charge in [-0.05, 0) is 13.8 Å². The summed E-state index contributed by atoms with van der Waals surface area (Å²) in [6.45, 7) is 3.92. The molecule has 0 saturated heterocycles. The average molecular weight is 243 g/mol. The summed E-state index contributed by atoms with van der Waals surface area (Å²) < 4.78 is 1.42. The number of nitrogens with zero attached hydrogens (tertiary/aromatic N) is 5. The molecule has 0 bridgehead atoms. The molecule has 0 fully saturated rings. The van der Waals surface area contributed by atoms with Gasteiger partial charge in [0.25, 0.3) is 0 Å². The molecule has 7 nitrogen and oxygen atoms in total. The zero-order chi connectivity index (χ0) is 13.1. The maximum atomic E-state index is 9.12. The molecule has 2 aromatic heterocycles. The van der Waals surface area contributed by atoms with E-state index in [0.29, 0.717) is 17.2 Å². The van der Waals surface area contributed by atoms with E-state index in [9.17, 15) is 0 Å². The van der Waals surface area contributed by atoms with Gasteiger partial charge in [-0.3, -0.25) is 0 Å². The second-order valence-corrected chi connectivity index (χ2v) is 4.00. The Bertz CT molecular complexity index is 579. The van der Waals surface area contributed by atoms with Crippen molar-refractivity contribution in [3.63, 3.8) is 0 Å². The van der Waals surface area contributed by atoms with Crippen molar-refractivity contribution in [3.05, 3.63) is 24.2 Å². The fourth-order valence-corrected chi connectivity index (χ4v) is 1.50. The summed E-state index contributed by atoms with van der Waals surface area (Å²) >= 11 is 0. The Hall–Kier alpha value is -2.62. The topological polar surface area (TPSA) is 105 Å². The molecule has 0 unspecified atom stereocenters. The van der Waals surface area contributed by atoms with Crippen LogP contribution in [0.1, 0.15) is 19.4 Å². The molecule has 0 aliphatic heterocycles. The molecular weight excluding hydrogens is 230 g/mol. The van der Waals surface area contributed by atoms with Crippen molar-refractivity contribution in [2.45, 2.75) is 19.9 Å². The molecule has 3 N–H and O–H groups in total. The number of anilines is 2. The summed E-state index contributed by atoms with van der Waals surface area (Å²) in [5, 5.41) is 16.5. The lowest BCUT2D eigenvalue weighted by Gasteiger charge is -2.05. The first-order valence-electron chi connectivity index (χ1n) is 5.45. The van der Waals surface area contributed by atoms with Gasteiger partial charge >= 0.3 is 0 Å². The Kier molecular flexibility index (Phi) is 3.10. The first-order chi connectivity index (χ1) is 8.63. The van der Waals surface area contributed by atoms with E-state index in [-0.39, 0.29) is 11.9 Å². The highest BCUT2D eigenvalue weighted by molar-refractivity contribution is 5.65. The van der Waals surface area contributed by atoms with E-state index in [1.807, 2.05) is 19.9 Å². The van der Waals surface area contributed by atoms with Crippen molar-refractivity contribution in [2.24, 2.45) is 0 Å². The zero-order valence-electron chi connectivity index (χ0n) is 10.1. The Balaban J connectivity index is 2.51. The molecule has 0 spiro atoms. The van der Waals surface area contributed by atoms with Crippen LogP contribution in [0.3, 0.4) is 0 Å². The van der Waals surface area contributed by atoms with Crippen molar-refractivity contribution in [3.8, 4) is 11.9 Å². The van der Waals surface area contributed by atoms with Crippen LogP contribution in [0.25, 0.3) is 5.82 Å². The van der Waals surface area contributed by atoms with Crippen LogP contribution in [0.4, 0.5) is 11.6 Å². The van der Waals surface area contributed by atoms with Crippen molar-refractivity contribution in [2.75, 3.05) is 11.1 Å². The van der Waals surface area contributed by atoms with Crippen molar-refractivity contribution < 1.29 is 0 Å². The lowest BCUT2D eigenvalue weighted by Crippen LogP contribution is -2.11. The van der Waals surface area contributed by atoms with E-state index in [2.05, 4.69) is 20.4 Å². The molecular formula is C11H13N7. The lowest BCUT2D eigenvalue weighted by atomic mass is 10.3. The van der Waals surface area contributed by atoms with Crippen molar-refractivity contribution in [1.29, 1.82) is 5.26 Å². The van der Waals surface area contributed by atoms with E-state index in [1.54, 1.807) is 12.3 Å². The number of nitriles is 1. The van der Waals surface area contributed by atoms with Gasteiger partial charge in [0.2, 0.25) is 0 Å². The van der Waals surface area contributed by atoms with E-state index in [0.717, 1.165) is 0 Å². The van der Waals surface area contributed by atoms with E-state index >= 15 is 0 Å². The molecule has 0 atom stereocenters. The summed E-state index contributed by atoms with van der Waals surface area (Å²) in [5.74, 6) is 1.25. The number of hydrogen-bond donors (Lipinski definition) is 2. The van der Waals surface area contributed by atoms with Gasteiger partial charge in [0.1, 0.15) is 23.8 Å². The summed E-state index contributed by atoms with van der Waals surface area (Å²) in [6.07, 6.45) is 2.99. The molecule has 18 heavy (non-hydrogen) atoms. The van der Waals surface area contributed by atoms with Crippen LogP contribution >= 0.6 is 0 Å². The predicted octanol–water partition coefficient (Wildman–Crippen LogP) is 0.936. The molecule has 92 valence electrons. The fraction of sp³-hybridized carbons (Fsp3) is 0.273. The Morgan fingerprint density at radius 2 is 2.28 bits per heavy atom. The van der Waals surface area contributed by atoms with Crippen LogP contribution in [0.15, 0.2) is 18.6 Å². The van der Waals surface area contributed by atoms with Gasteiger partial charge in [-0.15, -0.1) is 5.10 Å². The van der Waals surface area contributed by atoms with Crippen molar-refractivity contribution >= 4 is 11.6 Å². The molecule has 2 heterocycles. The van der Waals surface area contributed by atoms with Crippen molar-refractivity contribution in [1.82, 2.24) is 19.7 Å². The Morgan fingerprint density at radius 3 is 2.83 bits per heavy atom. The van der Waals surface area contributed by atoms with Gasteiger partial charge in [0, 0.05) is 18.3 Å². The first-order valence-corrected chi connectivity index (χ1v) is 5.45. The molecule has 0 radical (unpaired) electrons. The van der Waals surface area contributed by atoms with Gasteiger partial charge in [-0.2, -0.15) is 9.94 Å². The summed E-state index contributed by atoms with van der Waals surface area (Å²) in [4.78, 5) is 7.87. The summed E-state index contributed by atoms with van der Waals surface area (Å²) in [5.41, 5.74) is 6.22. The third-order valence-corrected chi connectivity index (χ3v) is 2.24. The van der Waals surface area contributed by atoms with Gasteiger partial charge in [0.05, 0.1) is 0 Å². The van der Waals surface area contributed by atoms with Crippen LogP contribution < -0.4 is 11.1 Å². The SMILES string of the molecule is CC(C)Nc1nn(-c2ccncn2)c(N)c1C#N. The van der Waals surface area contributed by atoms with Gasteiger partial charge in [0.15, 0.2) is 11.6 Å². The molecule has 2 aromatic rings. The fourth-order valence-electron chi connectivity index (χ4n) is 1.50. The number of hydrogen-bond acceptors (Lipinski definition) is 6. The number of nitrogens with two attached hydrogens (primary N) is 1. The zero-order valence-corrected chi connectivity index (χ0v) is 10.1. The highest BCUT2D eigenvalue weighted by Crippen LogP contribution is 2.23. The number of nitrogens with one attached hydrogen (secondary N) is 1. The van der Waals surface area contributed by atoms with Gasteiger partial charge in [-0.25, -0.2) is 9.97 Å². The Morgan fingerprint density at radius 1 is 1.50 bits per heavy atom. The smallest absolute Gasteiger partial charge is 0.169 e. The number of nitrogen functional groups attached to an aromatic ring is 1. The van der Waals surface area contributed by atoms with Crippen LogP contribution in [0.5, 0.6) is 0 Å². The highest BCUT2D eigenvalue weighted by Gasteiger charge is 2.17. The van der Waals surface area contributed by atoms with E-state index in [1.165, 1.54) is 11.0 Å². The molecule has 0 aromatic carbocycles. The molecule has 0 aliphatic carbocycles. The first kappa shape index (κ1) is 11.9. The van der Waals surface area contributed by atoms with E-state index < -0.39 is 0 Å². The minimum absolute atomic E-state index is 0.158. The standard InChI is InChI=1S/C11H13N7/c1-7(2)16-11-8(5-12)10(13)18(17-11)9-3-4-14-6-15-9/h3-4,6-7H,13H2,1-2H3,(H,16,17). The van der Waals surface area contributed by atoms with Crippen LogP contribution in [-0.2, 0) is 0 Å². The molecule has 7 heteroatoms. The average Bonchev–Trinajstić information content (AvgIpc) is 2.66. The number of aromatic nitrogens is 4. The monoisotopic (exact) mass is 243 g/mol. The Labute approximate surface area is 104 Å². The minimum atomic E-state index is 0.158. The summed E-state index contributed by atoms with van der Waals surface area (Å²) in [7, 11) is 0. The lowest BCUT2D eigenvalue weighted by molar-refractivity contribution is 0.828. The van der Waals surface area contributed by atoms with E-state index in [4.69, 9.17) is 11.0 Å². The maximum Gasteiger partial charge on any atom is 0.169 e. The quantitative estimate of drug-likeness (QED) is 0.830. The predicted molar refractivity (Wildman–Crippen MR) is 67.0 cm³/mol. The molecule has 2 rings (SSSR count). The van der Waals surface area contributed by atoms with Crippen LogP contribution in [-0.4, -0.2) is 25.8 Å². The van der Waals surface area contributed by atoms with Crippen LogP contribution in [0, 0.1) is 11.3 Å². The van der Waals surface area contributed by atoms with Gasteiger partial charge < -0.3 is 11.1 Å². The van der Waals surface area contributed by atoms with Gasteiger partial charge in [-0.1, -0.05) is 0 Å². The normalized spacial score (nSPS) is 10.3. The summed E-state index contributed by atoms with van der Waals surface area (Å²) in [6, 6.07) is 3.87.